The molecule has 4 amide bonds. The molecule has 1 aliphatic rings. The van der Waals surface area contributed by atoms with Crippen LogP contribution in [0.3, 0.4) is 0 Å². The molecule has 1 heterocycles. The van der Waals surface area contributed by atoms with Gasteiger partial charge in [-0.05, 0) is 70.9 Å². The Morgan fingerprint density at radius 1 is 0.814 bits per heavy atom. The van der Waals surface area contributed by atoms with Gasteiger partial charge in [0.05, 0.1) is 6.54 Å². The van der Waals surface area contributed by atoms with Crippen molar-refractivity contribution in [3.05, 3.63) is 106 Å². The van der Waals surface area contributed by atoms with Crippen LogP contribution in [0.1, 0.15) is 68.6 Å². The zero-order valence-electron chi connectivity index (χ0n) is 25.1. The van der Waals surface area contributed by atoms with Crippen molar-refractivity contribution >= 4 is 35.6 Å². The number of benzene rings is 3. The molecule has 0 bridgehead atoms. The van der Waals surface area contributed by atoms with Gasteiger partial charge in [0.2, 0.25) is 0 Å². The monoisotopic (exact) mass is 605 g/mol. The number of imide groups is 1. The minimum absolute atomic E-state index is 0.0657. The summed E-state index contributed by atoms with van der Waals surface area (Å²) in [7, 11) is 0. The summed E-state index contributed by atoms with van der Waals surface area (Å²) in [6.07, 6.45) is -2.12. The smallest absolute Gasteiger partial charge is 0.430 e. The van der Waals surface area contributed by atoms with E-state index in [-0.39, 0.29) is 24.1 Å². The number of rotatable bonds is 5. The van der Waals surface area contributed by atoms with E-state index in [1.807, 2.05) is 6.07 Å². The van der Waals surface area contributed by atoms with E-state index in [0.29, 0.717) is 16.1 Å². The zero-order chi connectivity index (χ0) is 31.6. The Morgan fingerprint density at radius 2 is 1.40 bits per heavy atom. The van der Waals surface area contributed by atoms with Gasteiger partial charge in [-0.1, -0.05) is 72.3 Å². The zero-order valence-corrected chi connectivity index (χ0v) is 25.9. The molecule has 10 heteroatoms. The molecule has 0 spiro atoms. The number of carbonyl (C=O) groups is 4. The average molecular weight is 606 g/mol. The minimum Gasteiger partial charge on any atom is -0.443 e. The second kappa shape index (κ2) is 12.1. The number of nitrogens with zero attached hydrogens (tertiary/aromatic N) is 2. The van der Waals surface area contributed by atoms with E-state index in [4.69, 9.17) is 21.1 Å². The van der Waals surface area contributed by atoms with Crippen LogP contribution >= 0.6 is 11.6 Å². The summed E-state index contributed by atoms with van der Waals surface area (Å²) in [5.41, 5.74) is 0.381. The van der Waals surface area contributed by atoms with Crippen molar-refractivity contribution < 1.29 is 28.7 Å². The molecule has 0 saturated heterocycles. The minimum atomic E-state index is -1.97. The van der Waals surface area contributed by atoms with Crippen LogP contribution in [-0.2, 0) is 32.8 Å². The Balaban J connectivity index is 1.99. The van der Waals surface area contributed by atoms with Crippen LogP contribution in [0.5, 0.6) is 0 Å². The maximum atomic E-state index is 14.9. The highest BCUT2D eigenvalue weighted by Gasteiger charge is 2.58. The fraction of sp³-hybridized carbons (Fsp3) is 0.333. The quantitative estimate of drug-likeness (QED) is 0.258. The third-order valence-corrected chi connectivity index (χ3v) is 6.82. The van der Waals surface area contributed by atoms with Crippen molar-refractivity contribution in [1.29, 1.82) is 0 Å². The van der Waals surface area contributed by atoms with Crippen molar-refractivity contribution in [1.82, 2.24) is 15.3 Å². The Hall–Kier alpha value is -4.37. The molecule has 0 aromatic heterocycles. The summed E-state index contributed by atoms with van der Waals surface area (Å²) in [6, 6.07) is 22.4. The van der Waals surface area contributed by atoms with Crippen LogP contribution in [0, 0.1) is 0 Å². The molecule has 1 N–H and O–H groups in total. The molecule has 3 aromatic carbocycles. The number of ether oxygens (including phenoxy) is 2. The highest BCUT2D eigenvalue weighted by Crippen LogP contribution is 2.41. The molecule has 226 valence electrons. The molecule has 0 unspecified atom stereocenters. The average Bonchev–Trinajstić information content (AvgIpc) is 2.92. The fourth-order valence-corrected chi connectivity index (χ4v) is 5.00. The first-order valence-corrected chi connectivity index (χ1v) is 14.3. The maximum absolute atomic E-state index is 14.9. The number of halogens is 1. The molecule has 43 heavy (non-hydrogen) atoms. The van der Waals surface area contributed by atoms with Crippen molar-refractivity contribution in [3.8, 4) is 0 Å². The van der Waals surface area contributed by atoms with E-state index in [0.717, 1.165) is 9.91 Å². The summed E-state index contributed by atoms with van der Waals surface area (Å²) >= 11 is 6.17. The van der Waals surface area contributed by atoms with Gasteiger partial charge in [-0.3, -0.25) is 14.5 Å². The van der Waals surface area contributed by atoms with E-state index < -0.39 is 40.7 Å². The molecule has 0 saturated carbocycles. The van der Waals surface area contributed by atoms with Crippen LogP contribution in [0.4, 0.5) is 9.59 Å². The van der Waals surface area contributed by atoms with E-state index in [1.54, 1.807) is 114 Å². The fourth-order valence-electron chi connectivity index (χ4n) is 4.88. The van der Waals surface area contributed by atoms with Gasteiger partial charge in [0, 0.05) is 22.6 Å². The van der Waals surface area contributed by atoms with Crippen LogP contribution in [0.2, 0.25) is 5.02 Å². The van der Waals surface area contributed by atoms with Crippen LogP contribution < -0.4 is 5.43 Å². The van der Waals surface area contributed by atoms with Gasteiger partial charge in [-0.15, -0.1) is 0 Å². The van der Waals surface area contributed by atoms with Crippen molar-refractivity contribution in [2.24, 2.45) is 0 Å². The number of carbonyl (C=O) groups excluding carboxylic acids is 4. The van der Waals surface area contributed by atoms with Crippen molar-refractivity contribution in [3.63, 3.8) is 0 Å². The second-order valence-corrected chi connectivity index (χ2v) is 12.8. The van der Waals surface area contributed by atoms with Crippen LogP contribution in [-0.4, -0.2) is 45.1 Å². The predicted molar refractivity (Wildman–Crippen MR) is 162 cm³/mol. The highest BCUT2D eigenvalue weighted by atomic mass is 35.5. The van der Waals surface area contributed by atoms with E-state index in [2.05, 4.69) is 5.43 Å². The lowest BCUT2D eigenvalue weighted by molar-refractivity contribution is -0.146. The number of fused-ring (bicyclic) bond motifs is 1. The third-order valence-electron chi connectivity index (χ3n) is 6.56. The standard InChI is InChI=1S/C33H36ClN3O6/c1-31(2,3)42-29(40)35-37(30(41)43-32(4,5)6)33(20-22-16-18-24(34)19-17-22)26-15-11-10-14-25(26)27(38)36(28(33)39)21-23-12-8-7-9-13-23/h7-19H,20-21H2,1-6H3,(H,35,40)/t33-/m0/s1. The topological polar surface area (TPSA) is 105 Å². The molecular formula is C33H36ClN3O6. The molecule has 4 rings (SSSR count). The van der Waals surface area contributed by atoms with Gasteiger partial charge in [0.25, 0.3) is 11.8 Å². The van der Waals surface area contributed by atoms with Crippen LogP contribution in [0.15, 0.2) is 78.9 Å². The van der Waals surface area contributed by atoms with E-state index >= 15 is 0 Å². The largest absolute Gasteiger partial charge is 0.443 e. The molecule has 0 fully saturated rings. The number of hydrazine groups is 1. The summed E-state index contributed by atoms with van der Waals surface area (Å²) in [4.78, 5) is 57.3. The van der Waals surface area contributed by atoms with Gasteiger partial charge in [0.15, 0.2) is 5.54 Å². The lowest BCUT2D eigenvalue weighted by Crippen LogP contribution is -2.69. The summed E-state index contributed by atoms with van der Waals surface area (Å²) < 4.78 is 11.3. The molecule has 0 radical (unpaired) electrons. The van der Waals surface area contributed by atoms with Gasteiger partial charge in [-0.25, -0.2) is 15.0 Å². The lowest BCUT2D eigenvalue weighted by atomic mass is 9.76. The Morgan fingerprint density at radius 3 is 2.00 bits per heavy atom. The van der Waals surface area contributed by atoms with E-state index in [1.165, 1.54) is 0 Å². The maximum Gasteiger partial charge on any atom is 0.430 e. The molecule has 1 atom stereocenters. The number of nitrogens with one attached hydrogen (secondary N) is 1. The van der Waals surface area contributed by atoms with Gasteiger partial charge < -0.3 is 9.47 Å². The molecule has 0 aliphatic carbocycles. The molecule has 1 aliphatic heterocycles. The molecule has 9 nitrogen and oxygen atoms in total. The first-order chi connectivity index (χ1) is 20.1. The van der Waals surface area contributed by atoms with Gasteiger partial charge in [0.1, 0.15) is 11.2 Å². The summed E-state index contributed by atoms with van der Waals surface area (Å²) in [6.45, 7) is 9.97. The van der Waals surface area contributed by atoms with Crippen molar-refractivity contribution in [2.45, 2.75) is 71.2 Å². The first-order valence-electron chi connectivity index (χ1n) is 13.9. The normalized spacial score (nSPS) is 16.8. The SMILES string of the molecule is CC(C)(C)OC(=O)NN(C(=O)OC(C)(C)C)[C@]1(Cc2ccc(Cl)cc2)C(=O)N(Cc2ccccc2)C(=O)c2ccccc21. The Labute approximate surface area is 256 Å². The lowest BCUT2D eigenvalue weighted by Gasteiger charge is -2.47. The van der Waals surface area contributed by atoms with Gasteiger partial charge in [-0.2, -0.15) is 5.01 Å². The second-order valence-electron chi connectivity index (χ2n) is 12.3. The third kappa shape index (κ3) is 7.17. The van der Waals surface area contributed by atoms with Gasteiger partial charge >= 0.3 is 12.2 Å². The number of amides is 4. The van der Waals surface area contributed by atoms with Crippen molar-refractivity contribution in [2.75, 3.05) is 0 Å². The molecular weight excluding hydrogens is 570 g/mol. The number of hydrogen-bond donors (Lipinski definition) is 1. The number of hydrogen-bond acceptors (Lipinski definition) is 6. The molecule has 3 aromatic rings. The highest BCUT2D eigenvalue weighted by molar-refractivity contribution is 6.30. The Kier molecular flexibility index (Phi) is 8.87. The predicted octanol–water partition coefficient (Wildman–Crippen LogP) is 6.64. The summed E-state index contributed by atoms with van der Waals surface area (Å²) in [5.74, 6) is -1.26. The van der Waals surface area contributed by atoms with Crippen LogP contribution in [0.25, 0.3) is 0 Å². The first kappa shape index (κ1) is 31.6. The Bertz CT molecular complexity index is 1510. The summed E-state index contributed by atoms with van der Waals surface area (Å²) in [5, 5.41) is 1.34. The van der Waals surface area contributed by atoms with E-state index in [9.17, 15) is 19.2 Å².